The van der Waals surface area contributed by atoms with Crippen molar-refractivity contribution >= 4 is 45.5 Å². The van der Waals surface area contributed by atoms with Gasteiger partial charge in [-0.2, -0.15) is 4.98 Å². The Labute approximate surface area is 197 Å². The van der Waals surface area contributed by atoms with E-state index in [1.165, 1.54) is 17.5 Å². The van der Waals surface area contributed by atoms with Crippen molar-refractivity contribution in [1.82, 2.24) is 19.9 Å². The number of ether oxygens (including phenoxy) is 1. The van der Waals surface area contributed by atoms with E-state index in [4.69, 9.17) is 16.3 Å². The second kappa shape index (κ2) is 11.2. The zero-order valence-electron chi connectivity index (χ0n) is 18.6. The molecule has 0 aliphatic heterocycles. The number of aromatic nitrogens is 3. The first-order valence-corrected chi connectivity index (χ1v) is 11.6. The fourth-order valence-electron chi connectivity index (χ4n) is 3.01. The second-order valence-corrected chi connectivity index (χ2v) is 8.49. The number of likely N-dealkylation sites (N-methyl/N-ethyl adjacent to an activating group) is 1. The van der Waals surface area contributed by atoms with Crippen LogP contribution in [-0.4, -0.2) is 52.0 Å². The van der Waals surface area contributed by atoms with E-state index >= 15 is 0 Å². The van der Waals surface area contributed by atoms with Crippen molar-refractivity contribution in [3.05, 3.63) is 51.7 Å². The van der Waals surface area contributed by atoms with E-state index in [0.717, 1.165) is 25.2 Å². The molecule has 2 N–H and O–H groups in total. The molecule has 0 spiro atoms. The number of anilines is 3. The van der Waals surface area contributed by atoms with Crippen LogP contribution in [0.1, 0.15) is 34.9 Å². The van der Waals surface area contributed by atoms with E-state index in [1.807, 2.05) is 19.1 Å². The molecule has 0 bridgehead atoms. The maximum absolute atomic E-state index is 12.6. The van der Waals surface area contributed by atoms with Gasteiger partial charge in [0.25, 0.3) is 5.91 Å². The molecule has 0 radical (unpaired) electrons. The number of para-hydroxylation sites is 1. The molecule has 0 unspecified atom stereocenters. The summed E-state index contributed by atoms with van der Waals surface area (Å²) in [6.45, 7) is 11.3. The largest absolute Gasteiger partial charge is 0.476 e. The summed E-state index contributed by atoms with van der Waals surface area (Å²) < 4.78 is 5.81. The standard InChI is InChI=1S/C22H27ClN6O2S/c1-5-29(6-2)10-11-31-19-12-18(25-15(4)26-19)27-22-24-13-17(32-22)21(30)28-20-14(3)8-7-9-16(20)23/h7-9,12-13H,5-6,10-11H2,1-4H3,(H,28,30)(H,24,25,26,27). The molecule has 170 valence electrons. The van der Waals surface area contributed by atoms with E-state index in [9.17, 15) is 4.79 Å². The highest BCUT2D eigenvalue weighted by atomic mass is 35.5. The lowest BCUT2D eigenvalue weighted by atomic mass is 10.2. The topological polar surface area (TPSA) is 92.3 Å². The molecule has 2 heterocycles. The van der Waals surface area contributed by atoms with Crippen LogP contribution in [0.5, 0.6) is 5.88 Å². The fourth-order valence-corrected chi connectivity index (χ4v) is 4.00. The third-order valence-electron chi connectivity index (χ3n) is 4.79. The van der Waals surface area contributed by atoms with E-state index in [1.54, 1.807) is 19.1 Å². The summed E-state index contributed by atoms with van der Waals surface area (Å²) >= 11 is 7.43. The highest BCUT2D eigenvalue weighted by Crippen LogP contribution is 2.28. The third-order valence-corrected chi connectivity index (χ3v) is 6.02. The molecule has 32 heavy (non-hydrogen) atoms. The Morgan fingerprint density at radius 3 is 2.72 bits per heavy atom. The maximum Gasteiger partial charge on any atom is 0.267 e. The van der Waals surface area contributed by atoms with Gasteiger partial charge in [0, 0.05) is 12.6 Å². The van der Waals surface area contributed by atoms with Gasteiger partial charge in [-0.25, -0.2) is 9.97 Å². The first-order valence-electron chi connectivity index (χ1n) is 10.4. The van der Waals surface area contributed by atoms with Crippen molar-refractivity contribution in [3.8, 4) is 5.88 Å². The average molecular weight is 475 g/mol. The summed E-state index contributed by atoms with van der Waals surface area (Å²) in [5, 5.41) is 7.01. The molecule has 0 aliphatic carbocycles. The van der Waals surface area contributed by atoms with Crippen LogP contribution in [-0.2, 0) is 0 Å². The van der Waals surface area contributed by atoms with Crippen molar-refractivity contribution < 1.29 is 9.53 Å². The minimum absolute atomic E-state index is 0.272. The zero-order valence-corrected chi connectivity index (χ0v) is 20.2. The van der Waals surface area contributed by atoms with E-state index in [2.05, 4.69) is 44.3 Å². The van der Waals surface area contributed by atoms with Gasteiger partial charge in [-0.05, 0) is 38.6 Å². The molecular formula is C22H27ClN6O2S. The van der Waals surface area contributed by atoms with E-state index in [-0.39, 0.29) is 5.91 Å². The van der Waals surface area contributed by atoms with Gasteiger partial charge in [-0.15, -0.1) is 0 Å². The fraction of sp³-hybridized carbons (Fsp3) is 0.364. The highest BCUT2D eigenvalue weighted by Gasteiger charge is 2.15. The highest BCUT2D eigenvalue weighted by molar-refractivity contribution is 7.17. The lowest BCUT2D eigenvalue weighted by Gasteiger charge is -2.17. The van der Waals surface area contributed by atoms with Crippen molar-refractivity contribution in [3.63, 3.8) is 0 Å². The number of halogens is 1. The van der Waals surface area contributed by atoms with Gasteiger partial charge in [0.05, 0.1) is 16.9 Å². The summed E-state index contributed by atoms with van der Waals surface area (Å²) in [6.07, 6.45) is 1.52. The van der Waals surface area contributed by atoms with Crippen LogP contribution in [0.3, 0.4) is 0 Å². The number of hydrogen-bond donors (Lipinski definition) is 2. The Morgan fingerprint density at radius 2 is 2.00 bits per heavy atom. The number of amides is 1. The Morgan fingerprint density at radius 1 is 1.22 bits per heavy atom. The Hall–Kier alpha value is -2.75. The molecule has 0 fully saturated rings. The lowest BCUT2D eigenvalue weighted by Crippen LogP contribution is -2.28. The van der Waals surface area contributed by atoms with Gasteiger partial charge >= 0.3 is 0 Å². The number of thiazole rings is 1. The van der Waals surface area contributed by atoms with Gasteiger partial charge in [-0.1, -0.05) is 48.9 Å². The molecule has 1 amide bonds. The monoisotopic (exact) mass is 474 g/mol. The number of rotatable bonds is 10. The number of nitrogens with one attached hydrogen (secondary N) is 2. The molecule has 3 aromatic rings. The first kappa shape index (κ1) is 23.9. The number of benzene rings is 1. The Balaban J connectivity index is 1.64. The summed E-state index contributed by atoms with van der Waals surface area (Å²) in [6, 6.07) is 7.19. The zero-order chi connectivity index (χ0) is 23.1. The smallest absolute Gasteiger partial charge is 0.267 e. The van der Waals surface area contributed by atoms with E-state index in [0.29, 0.717) is 44.8 Å². The number of carbonyl (C=O) groups excluding carboxylic acids is 1. The van der Waals surface area contributed by atoms with Gasteiger partial charge in [0.15, 0.2) is 5.13 Å². The number of hydrogen-bond acceptors (Lipinski definition) is 8. The maximum atomic E-state index is 12.6. The molecule has 0 saturated heterocycles. The summed E-state index contributed by atoms with van der Waals surface area (Å²) in [5.41, 5.74) is 1.48. The average Bonchev–Trinajstić information content (AvgIpc) is 3.22. The Kier molecular flexibility index (Phi) is 8.38. The summed E-state index contributed by atoms with van der Waals surface area (Å²) in [4.78, 5) is 28.4. The molecular weight excluding hydrogens is 448 g/mol. The van der Waals surface area contributed by atoms with Crippen LogP contribution in [0, 0.1) is 13.8 Å². The molecule has 2 aromatic heterocycles. The van der Waals surface area contributed by atoms with Crippen molar-refractivity contribution in [2.75, 3.05) is 36.9 Å². The first-order chi connectivity index (χ1) is 15.4. The second-order valence-electron chi connectivity index (χ2n) is 7.05. The normalized spacial score (nSPS) is 10.9. The molecule has 0 atom stereocenters. The van der Waals surface area contributed by atoms with Gasteiger partial charge in [-0.3, -0.25) is 4.79 Å². The van der Waals surface area contributed by atoms with Crippen LogP contribution < -0.4 is 15.4 Å². The van der Waals surface area contributed by atoms with Crippen LogP contribution in [0.25, 0.3) is 0 Å². The number of nitrogens with zero attached hydrogens (tertiary/aromatic N) is 4. The SMILES string of the molecule is CCN(CC)CCOc1cc(Nc2ncc(C(=O)Nc3c(C)cccc3Cl)s2)nc(C)n1. The molecule has 8 nitrogen and oxygen atoms in total. The minimum Gasteiger partial charge on any atom is -0.476 e. The molecule has 3 rings (SSSR count). The molecule has 10 heteroatoms. The van der Waals surface area contributed by atoms with Crippen molar-refractivity contribution in [2.45, 2.75) is 27.7 Å². The van der Waals surface area contributed by atoms with Crippen molar-refractivity contribution in [2.24, 2.45) is 0 Å². The molecule has 0 saturated carbocycles. The molecule has 1 aromatic carbocycles. The van der Waals surface area contributed by atoms with Gasteiger partial charge < -0.3 is 20.3 Å². The van der Waals surface area contributed by atoms with Crippen LogP contribution in [0.15, 0.2) is 30.5 Å². The predicted octanol–water partition coefficient (Wildman–Crippen LogP) is 4.92. The van der Waals surface area contributed by atoms with E-state index < -0.39 is 0 Å². The molecule has 0 aliphatic rings. The summed E-state index contributed by atoms with van der Waals surface area (Å²) in [7, 11) is 0. The quantitative estimate of drug-likeness (QED) is 0.430. The van der Waals surface area contributed by atoms with Gasteiger partial charge in [0.1, 0.15) is 23.1 Å². The minimum atomic E-state index is -0.272. The number of carbonyl (C=O) groups is 1. The third kappa shape index (κ3) is 6.38. The number of aryl methyl sites for hydroxylation is 2. The Bertz CT molecular complexity index is 1050. The van der Waals surface area contributed by atoms with Crippen molar-refractivity contribution in [1.29, 1.82) is 0 Å². The van der Waals surface area contributed by atoms with Gasteiger partial charge in [0.2, 0.25) is 5.88 Å². The van der Waals surface area contributed by atoms with Crippen LogP contribution >= 0.6 is 22.9 Å². The lowest BCUT2D eigenvalue weighted by molar-refractivity contribution is 0.103. The van der Waals surface area contributed by atoms with Crippen LogP contribution in [0.2, 0.25) is 5.02 Å². The predicted molar refractivity (Wildman–Crippen MR) is 130 cm³/mol. The summed E-state index contributed by atoms with van der Waals surface area (Å²) in [5.74, 6) is 1.36. The van der Waals surface area contributed by atoms with Crippen LogP contribution in [0.4, 0.5) is 16.6 Å².